The average Bonchev–Trinajstić information content (AvgIpc) is 2.35. The predicted molar refractivity (Wildman–Crippen MR) is 64.6 cm³/mol. The van der Waals surface area contributed by atoms with Gasteiger partial charge in [0.2, 0.25) is 0 Å². The van der Waals surface area contributed by atoms with Gasteiger partial charge in [-0.25, -0.2) is 0 Å². The SMILES string of the molecule is CC(=O)OCC1OC(O)[C@@H](OC(C)=O)C(O)[C@H]1OC(C)=O. The first-order chi connectivity index (χ1) is 9.72. The van der Waals surface area contributed by atoms with Crippen LogP contribution in [0.3, 0.4) is 0 Å². The summed E-state index contributed by atoms with van der Waals surface area (Å²) in [4.78, 5) is 32.8. The zero-order valence-electron chi connectivity index (χ0n) is 11.8. The van der Waals surface area contributed by atoms with E-state index >= 15 is 0 Å². The van der Waals surface area contributed by atoms with Gasteiger partial charge >= 0.3 is 17.9 Å². The zero-order valence-corrected chi connectivity index (χ0v) is 11.8. The van der Waals surface area contributed by atoms with Gasteiger partial charge in [0.25, 0.3) is 0 Å². The lowest BCUT2D eigenvalue weighted by Crippen LogP contribution is -2.61. The van der Waals surface area contributed by atoms with Crippen molar-refractivity contribution in [2.45, 2.75) is 51.5 Å². The van der Waals surface area contributed by atoms with Crippen LogP contribution in [0.4, 0.5) is 0 Å². The van der Waals surface area contributed by atoms with Crippen molar-refractivity contribution in [1.82, 2.24) is 0 Å². The first kappa shape index (κ1) is 17.3. The second-order valence-corrected chi connectivity index (χ2v) is 4.51. The summed E-state index contributed by atoms with van der Waals surface area (Å²) in [5.41, 5.74) is 0. The van der Waals surface area contributed by atoms with Gasteiger partial charge in [0, 0.05) is 20.8 Å². The summed E-state index contributed by atoms with van der Waals surface area (Å²) in [5, 5.41) is 19.8. The minimum Gasteiger partial charge on any atom is -0.463 e. The third-order valence-electron chi connectivity index (χ3n) is 2.69. The number of hydrogen-bond donors (Lipinski definition) is 2. The van der Waals surface area contributed by atoms with Gasteiger partial charge in [0.1, 0.15) is 18.8 Å². The van der Waals surface area contributed by atoms with Gasteiger partial charge in [0.15, 0.2) is 18.5 Å². The molecule has 3 unspecified atom stereocenters. The molecule has 1 aliphatic rings. The van der Waals surface area contributed by atoms with E-state index in [9.17, 15) is 24.6 Å². The van der Waals surface area contributed by atoms with E-state index in [0.717, 1.165) is 20.8 Å². The van der Waals surface area contributed by atoms with Crippen LogP contribution in [-0.2, 0) is 33.3 Å². The molecule has 120 valence electrons. The van der Waals surface area contributed by atoms with E-state index < -0.39 is 48.6 Å². The molecular formula is C12H18O9. The molecule has 9 nitrogen and oxygen atoms in total. The van der Waals surface area contributed by atoms with Gasteiger partial charge < -0.3 is 29.2 Å². The molecule has 0 aromatic heterocycles. The van der Waals surface area contributed by atoms with Crippen molar-refractivity contribution >= 4 is 17.9 Å². The second-order valence-electron chi connectivity index (χ2n) is 4.51. The molecule has 5 atom stereocenters. The molecule has 1 fully saturated rings. The molecule has 0 bridgehead atoms. The first-order valence-corrected chi connectivity index (χ1v) is 6.21. The first-order valence-electron chi connectivity index (χ1n) is 6.21. The third-order valence-corrected chi connectivity index (χ3v) is 2.69. The minimum absolute atomic E-state index is 0.339. The summed E-state index contributed by atoms with van der Waals surface area (Å²) in [6.45, 7) is 3.03. The van der Waals surface area contributed by atoms with Crippen molar-refractivity contribution in [3.8, 4) is 0 Å². The highest BCUT2D eigenvalue weighted by Gasteiger charge is 2.48. The maximum Gasteiger partial charge on any atom is 0.303 e. The van der Waals surface area contributed by atoms with Gasteiger partial charge in [-0.05, 0) is 0 Å². The fourth-order valence-corrected chi connectivity index (χ4v) is 1.90. The molecule has 0 aliphatic carbocycles. The number of carbonyl (C=O) groups excluding carboxylic acids is 3. The summed E-state index contributed by atoms with van der Waals surface area (Å²) in [7, 11) is 0. The Kier molecular flexibility index (Phi) is 6.06. The summed E-state index contributed by atoms with van der Waals surface area (Å²) in [6, 6.07) is 0. The maximum atomic E-state index is 11.1. The molecule has 1 aliphatic heterocycles. The van der Waals surface area contributed by atoms with Crippen LogP contribution in [0.5, 0.6) is 0 Å². The molecule has 1 saturated heterocycles. The van der Waals surface area contributed by atoms with Crippen LogP contribution in [0.2, 0.25) is 0 Å². The Morgan fingerprint density at radius 3 is 1.95 bits per heavy atom. The van der Waals surface area contributed by atoms with E-state index in [1.165, 1.54) is 0 Å². The summed E-state index contributed by atoms with van der Waals surface area (Å²) < 4.78 is 19.5. The van der Waals surface area contributed by atoms with Crippen LogP contribution in [0.25, 0.3) is 0 Å². The normalized spacial score (nSPS) is 32.1. The lowest BCUT2D eigenvalue weighted by atomic mass is 9.99. The molecule has 21 heavy (non-hydrogen) atoms. The highest BCUT2D eigenvalue weighted by molar-refractivity contribution is 5.67. The van der Waals surface area contributed by atoms with Crippen LogP contribution in [-0.4, -0.2) is 65.4 Å². The van der Waals surface area contributed by atoms with Crippen molar-refractivity contribution in [3.05, 3.63) is 0 Å². The Morgan fingerprint density at radius 2 is 1.48 bits per heavy atom. The Balaban J connectivity index is 2.86. The van der Waals surface area contributed by atoms with Crippen LogP contribution in [0.15, 0.2) is 0 Å². The van der Waals surface area contributed by atoms with E-state index in [2.05, 4.69) is 0 Å². The maximum absolute atomic E-state index is 11.1. The molecule has 0 spiro atoms. The summed E-state index contributed by atoms with van der Waals surface area (Å²) in [5.74, 6) is -2.07. The quantitative estimate of drug-likeness (QED) is 0.470. The smallest absolute Gasteiger partial charge is 0.303 e. The van der Waals surface area contributed by atoms with Gasteiger partial charge in [-0.1, -0.05) is 0 Å². The number of esters is 3. The van der Waals surface area contributed by atoms with Crippen molar-refractivity contribution in [2.75, 3.05) is 6.61 Å². The number of rotatable bonds is 4. The van der Waals surface area contributed by atoms with Crippen LogP contribution < -0.4 is 0 Å². The predicted octanol–water partition coefficient (Wildman–Crippen LogP) is -1.51. The molecule has 0 amide bonds. The molecule has 2 N–H and O–H groups in total. The zero-order chi connectivity index (χ0) is 16.2. The topological polar surface area (TPSA) is 129 Å². The van der Waals surface area contributed by atoms with Gasteiger partial charge in [-0.3, -0.25) is 14.4 Å². The van der Waals surface area contributed by atoms with Crippen LogP contribution in [0, 0.1) is 0 Å². The standard InChI is InChI=1S/C12H18O9/c1-5(13)18-4-8-10(19-6(2)14)9(16)11(12(17)21-8)20-7(3)15/h8-12,16-17H,4H2,1-3H3/t8?,9?,10-,11-,12?/m0/s1. The third kappa shape index (κ3) is 4.96. The second kappa shape index (κ2) is 7.34. The number of carbonyl (C=O) groups is 3. The summed E-state index contributed by atoms with van der Waals surface area (Å²) in [6.07, 6.45) is -6.93. The van der Waals surface area contributed by atoms with Crippen molar-refractivity contribution in [3.63, 3.8) is 0 Å². The van der Waals surface area contributed by atoms with E-state index in [4.69, 9.17) is 18.9 Å². The fraction of sp³-hybridized carbons (Fsp3) is 0.750. The van der Waals surface area contributed by atoms with Crippen LogP contribution in [0.1, 0.15) is 20.8 Å². The van der Waals surface area contributed by atoms with Gasteiger partial charge in [0.05, 0.1) is 0 Å². The van der Waals surface area contributed by atoms with E-state index in [-0.39, 0.29) is 6.61 Å². The molecule has 9 heteroatoms. The van der Waals surface area contributed by atoms with E-state index in [1.807, 2.05) is 0 Å². The lowest BCUT2D eigenvalue weighted by Gasteiger charge is -2.41. The fourth-order valence-electron chi connectivity index (χ4n) is 1.90. The number of hydrogen-bond acceptors (Lipinski definition) is 9. The molecular weight excluding hydrogens is 288 g/mol. The van der Waals surface area contributed by atoms with E-state index in [0.29, 0.717) is 0 Å². The van der Waals surface area contributed by atoms with Gasteiger partial charge in [-0.15, -0.1) is 0 Å². The Hall–Kier alpha value is -1.71. The molecule has 1 rings (SSSR count). The van der Waals surface area contributed by atoms with E-state index in [1.54, 1.807) is 0 Å². The monoisotopic (exact) mass is 306 g/mol. The lowest BCUT2D eigenvalue weighted by molar-refractivity contribution is -0.293. The average molecular weight is 306 g/mol. The summed E-state index contributed by atoms with van der Waals surface area (Å²) >= 11 is 0. The highest BCUT2D eigenvalue weighted by Crippen LogP contribution is 2.25. The molecule has 0 aromatic carbocycles. The Morgan fingerprint density at radius 1 is 0.952 bits per heavy atom. The van der Waals surface area contributed by atoms with Gasteiger partial charge in [-0.2, -0.15) is 0 Å². The molecule has 0 radical (unpaired) electrons. The number of aliphatic hydroxyl groups excluding tert-OH is 2. The Labute approximate surface area is 120 Å². The highest BCUT2D eigenvalue weighted by atomic mass is 16.7. The molecule has 0 aromatic rings. The van der Waals surface area contributed by atoms with Crippen molar-refractivity contribution < 1.29 is 43.5 Å². The van der Waals surface area contributed by atoms with Crippen molar-refractivity contribution in [2.24, 2.45) is 0 Å². The number of aliphatic hydroxyl groups is 2. The molecule has 1 heterocycles. The molecule has 0 saturated carbocycles. The minimum atomic E-state index is -1.64. The Bertz CT molecular complexity index is 406. The number of ether oxygens (including phenoxy) is 4. The van der Waals surface area contributed by atoms with Crippen molar-refractivity contribution in [1.29, 1.82) is 0 Å². The largest absolute Gasteiger partial charge is 0.463 e. The van der Waals surface area contributed by atoms with Crippen LogP contribution >= 0.6 is 0 Å².